The number of nitrogens with zero attached hydrogens (tertiary/aromatic N) is 4. The van der Waals surface area contributed by atoms with Gasteiger partial charge >= 0.3 is 0 Å². The smallest absolute Gasteiger partial charge is 0.252 e. The van der Waals surface area contributed by atoms with Crippen LogP contribution in [0.25, 0.3) is 11.2 Å². The summed E-state index contributed by atoms with van der Waals surface area (Å²) in [6.07, 6.45) is 1.04. The zero-order valence-electron chi connectivity index (χ0n) is 16.0. The van der Waals surface area contributed by atoms with E-state index in [1.54, 1.807) is 20.5 Å². The number of para-hydroxylation sites is 1. The number of hydrogen-bond acceptors (Lipinski definition) is 8. The summed E-state index contributed by atoms with van der Waals surface area (Å²) in [5.41, 5.74) is 7.00. The minimum Gasteiger partial charge on any atom is -0.437 e. The lowest BCUT2D eigenvalue weighted by Crippen LogP contribution is -2.31. The van der Waals surface area contributed by atoms with Crippen molar-refractivity contribution in [2.45, 2.75) is 25.4 Å². The molecule has 0 radical (unpaired) electrons. The molecule has 4 atom stereocenters. The van der Waals surface area contributed by atoms with E-state index >= 15 is 0 Å². The van der Waals surface area contributed by atoms with Gasteiger partial charge in [0, 0.05) is 20.1 Å². The molecule has 2 aromatic heterocycles. The number of anilines is 1. The lowest BCUT2D eigenvalue weighted by molar-refractivity contribution is -0.0600. The fourth-order valence-electron chi connectivity index (χ4n) is 3.63. The van der Waals surface area contributed by atoms with Gasteiger partial charge in [-0.1, -0.05) is 25.1 Å². The molecule has 1 fully saturated rings. The Hall–Kier alpha value is -2.75. The highest BCUT2D eigenvalue weighted by molar-refractivity contribution is 5.78. The molecule has 9 heteroatoms. The molecule has 3 aromatic rings. The van der Waals surface area contributed by atoms with E-state index in [2.05, 4.69) is 21.9 Å². The molecule has 0 amide bonds. The molecular weight excluding hydrogens is 362 g/mol. The van der Waals surface area contributed by atoms with Crippen molar-refractivity contribution in [3.05, 3.63) is 36.7 Å². The Labute approximate surface area is 162 Å². The molecule has 0 spiro atoms. The minimum atomic E-state index is -0.325. The number of benzene rings is 1. The summed E-state index contributed by atoms with van der Waals surface area (Å²) >= 11 is 0. The molecular formula is C19H23N5O4. The number of methoxy groups -OCH3 is 2. The quantitative estimate of drug-likeness (QED) is 0.689. The number of hydrogen-bond donors (Lipinski definition) is 1. The molecule has 1 aromatic carbocycles. The average molecular weight is 385 g/mol. The molecule has 3 heterocycles. The molecule has 1 aliphatic heterocycles. The Morgan fingerprint density at radius 1 is 1.18 bits per heavy atom. The monoisotopic (exact) mass is 385 g/mol. The SMILES string of the molecule is COC[C@H]1O[C@@H](n2cnc3c(Oc4ccccc4)nc(N)nc32)C(C)C1OC. The molecule has 4 rings (SSSR count). The van der Waals surface area contributed by atoms with Crippen molar-refractivity contribution in [1.82, 2.24) is 19.5 Å². The van der Waals surface area contributed by atoms with Gasteiger partial charge in [-0.3, -0.25) is 4.57 Å². The van der Waals surface area contributed by atoms with Crippen LogP contribution in [0, 0.1) is 5.92 Å². The third-order valence-electron chi connectivity index (χ3n) is 4.89. The molecule has 0 saturated carbocycles. The first-order chi connectivity index (χ1) is 13.6. The van der Waals surface area contributed by atoms with Gasteiger partial charge < -0.3 is 24.7 Å². The standard InChI is InChI=1S/C19H23N5O4/c1-11-15(26-3)13(9-25-2)28-18(11)24-10-21-14-16(24)22-19(20)23-17(14)27-12-7-5-4-6-8-12/h4-8,10-11,13,15,18H,9H2,1-3H3,(H2,20,22,23)/t11?,13-,15?,18-/m1/s1. The van der Waals surface area contributed by atoms with E-state index in [0.717, 1.165) is 0 Å². The van der Waals surface area contributed by atoms with Crippen LogP contribution in [0.1, 0.15) is 13.2 Å². The van der Waals surface area contributed by atoms with E-state index in [4.69, 9.17) is 24.7 Å². The van der Waals surface area contributed by atoms with Crippen LogP contribution in [0.15, 0.2) is 36.7 Å². The van der Waals surface area contributed by atoms with Crippen LogP contribution in [0.4, 0.5) is 5.95 Å². The van der Waals surface area contributed by atoms with Crippen LogP contribution in [0.2, 0.25) is 0 Å². The zero-order chi connectivity index (χ0) is 19.7. The highest BCUT2D eigenvalue weighted by Gasteiger charge is 2.43. The summed E-state index contributed by atoms with van der Waals surface area (Å²) in [5.74, 6) is 1.09. The first-order valence-electron chi connectivity index (χ1n) is 9.02. The van der Waals surface area contributed by atoms with Gasteiger partial charge in [-0.2, -0.15) is 9.97 Å². The van der Waals surface area contributed by atoms with E-state index in [0.29, 0.717) is 29.4 Å². The molecule has 2 unspecified atom stereocenters. The van der Waals surface area contributed by atoms with E-state index in [1.165, 1.54) is 0 Å². The molecule has 9 nitrogen and oxygen atoms in total. The van der Waals surface area contributed by atoms with E-state index in [9.17, 15) is 0 Å². The fourth-order valence-corrected chi connectivity index (χ4v) is 3.63. The highest BCUT2D eigenvalue weighted by atomic mass is 16.6. The van der Waals surface area contributed by atoms with Gasteiger partial charge in [-0.05, 0) is 12.1 Å². The van der Waals surface area contributed by atoms with Crippen molar-refractivity contribution >= 4 is 17.1 Å². The number of nitrogen functional groups attached to an aromatic ring is 1. The van der Waals surface area contributed by atoms with Crippen molar-refractivity contribution in [3.8, 4) is 11.6 Å². The predicted octanol–water partition coefficient (Wildman–Crippen LogP) is 2.40. The number of imidazole rings is 1. The molecule has 1 aliphatic rings. The number of aromatic nitrogens is 4. The maximum absolute atomic E-state index is 6.20. The molecule has 2 N–H and O–H groups in total. The van der Waals surface area contributed by atoms with E-state index in [1.807, 2.05) is 34.9 Å². The Morgan fingerprint density at radius 2 is 1.96 bits per heavy atom. The summed E-state index contributed by atoms with van der Waals surface area (Å²) in [6, 6.07) is 9.34. The van der Waals surface area contributed by atoms with Gasteiger partial charge in [0.05, 0.1) is 19.0 Å². The Morgan fingerprint density at radius 3 is 2.68 bits per heavy atom. The maximum atomic E-state index is 6.20. The largest absolute Gasteiger partial charge is 0.437 e. The van der Waals surface area contributed by atoms with Crippen LogP contribution in [-0.4, -0.2) is 52.6 Å². The summed E-state index contributed by atoms with van der Waals surface area (Å²) in [4.78, 5) is 13.1. The number of nitrogens with two attached hydrogens (primary N) is 1. The van der Waals surface area contributed by atoms with Gasteiger partial charge in [0.15, 0.2) is 11.2 Å². The normalized spacial score (nSPS) is 24.7. The van der Waals surface area contributed by atoms with Gasteiger partial charge in [0.25, 0.3) is 5.88 Å². The molecule has 1 saturated heterocycles. The summed E-state index contributed by atoms with van der Waals surface area (Å²) in [6.45, 7) is 2.50. The Kier molecular flexibility index (Phi) is 5.12. The lowest BCUT2D eigenvalue weighted by atomic mass is 10.0. The van der Waals surface area contributed by atoms with Gasteiger partial charge in [0.2, 0.25) is 5.95 Å². The van der Waals surface area contributed by atoms with Crippen LogP contribution in [-0.2, 0) is 14.2 Å². The molecule has 28 heavy (non-hydrogen) atoms. The average Bonchev–Trinajstić information content (AvgIpc) is 3.23. The number of fused-ring (bicyclic) bond motifs is 1. The zero-order valence-corrected chi connectivity index (χ0v) is 16.0. The molecule has 0 aliphatic carbocycles. The van der Waals surface area contributed by atoms with Gasteiger partial charge in [0.1, 0.15) is 18.1 Å². The topological polar surface area (TPSA) is 107 Å². The predicted molar refractivity (Wildman–Crippen MR) is 102 cm³/mol. The lowest BCUT2D eigenvalue weighted by Gasteiger charge is -2.19. The maximum Gasteiger partial charge on any atom is 0.252 e. The van der Waals surface area contributed by atoms with Crippen LogP contribution in [0.3, 0.4) is 0 Å². The van der Waals surface area contributed by atoms with Crippen molar-refractivity contribution < 1.29 is 18.9 Å². The second-order valence-electron chi connectivity index (χ2n) is 6.71. The molecule has 0 bridgehead atoms. The number of rotatable bonds is 6. The van der Waals surface area contributed by atoms with Crippen LogP contribution < -0.4 is 10.5 Å². The Balaban J connectivity index is 1.71. The second kappa shape index (κ2) is 7.70. The summed E-state index contributed by atoms with van der Waals surface area (Å²) in [7, 11) is 3.31. The summed E-state index contributed by atoms with van der Waals surface area (Å²) < 4.78 is 24.8. The van der Waals surface area contributed by atoms with Crippen molar-refractivity contribution in [1.29, 1.82) is 0 Å². The van der Waals surface area contributed by atoms with Crippen LogP contribution >= 0.6 is 0 Å². The second-order valence-corrected chi connectivity index (χ2v) is 6.71. The number of ether oxygens (including phenoxy) is 4. The first-order valence-corrected chi connectivity index (χ1v) is 9.02. The van der Waals surface area contributed by atoms with E-state index in [-0.39, 0.29) is 30.3 Å². The highest BCUT2D eigenvalue weighted by Crippen LogP contribution is 2.38. The van der Waals surface area contributed by atoms with Crippen LogP contribution in [0.5, 0.6) is 11.6 Å². The fraction of sp³-hybridized carbons (Fsp3) is 0.421. The summed E-state index contributed by atoms with van der Waals surface area (Å²) in [5, 5.41) is 0. The third kappa shape index (κ3) is 3.28. The first kappa shape index (κ1) is 18.6. The van der Waals surface area contributed by atoms with Gasteiger partial charge in [-0.15, -0.1) is 0 Å². The van der Waals surface area contributed by atoms with Crippen molar-refractivity contribution in [2.75, 3.05) is 26.6 Å². The van der Waals surface area contributed by atoms with Crippen molar-refractivity contribution in [2.24, 2.45) is 5.92 Å². The minimum absolute atomic E-state index is 0.0530. The third-order valence-corrected chi connectivity index (χ3v) is 4.89. The van der Waals surface area contributed by atoms with Gasteiger partial charge in [-0.25, -0.2) is 4.98 Å². The molecule has 148 valence electrons. The Bertz CT molecular complexity index is 948. The van der Waals surface area contributed by atoms with E-state index < -0.39 is 0 Å². The van der Waals surface area contributed by atoms with Crippen molar-refractivity contribution in [3.63, 3.8) is 0 Å².